The van der Waals surface area contributed by atoms with E-state index < -0.39 is 0 Å². The summed E-state index contributed by atoms with van der Waals surface area (Å²) in [6.07, 6.45) is 0. The minimum atomic E-state index is -0.129. The van der Waals surface area contributed by atoms with Gasteiger partial charge in [0.05, 0.1) is 6.54 Å². The van der Waals surface area contributed by atoms with Crippen molar-refractivity contribution in [2.24, 2.45) is 0 Å². The van der Waals surface area contributed by atoms with E-state index in [9.17, 15) is 9.59 Å². The lowest BCUT2D eigenvalue weighted by molar-refractivity contribution is -0.115. The summed E-state index contributed by atoms with van der Waals surface area (Å²) in [5, 5.41) is 8.71. The lowest BCUT2D eigenvalue weighted by atomic mass is 10.0. The Morgan fingerprint density at radius 3 is 2.38 bits per heavy atom. The van der Waals surface area contributed by atoms with Gasteiger partial charge in [-0.25, -0.2) is 0 Å². The number of anilines is 3. The van der Waals surface area contributed by atoms with E-state index in [1.54, 1.807) is 12.1 Å². The predicted molar refractivity (Wildman–Crippen MR) is 98.4 cm³/mol. The molecule has 0 aliphatic heterocycles. The van der Waals surface area contributed by atoms with Crippen LogP contribution in [0.4, 0.5) is 17.1 Å². The molecule has 0 aliphatic rings. The van der Waals surface area contributed by atoms with Crippen molar-refractivity contribution in [3.63, 3.8) is 0 Å². The van der Waals surface area contributed by atoms with Crippen LogP contribution in [0.25, 0.3) is 0 Å². The van der Waals surface area contributed by atoms with E-state index in [-0.39, 0.29) is 18.4 Å². The zero-order chi connectivity index (χ0) is 17.5. The molecule has 0 aliphatic carbocycles. The molecule has 2 rings (SSSR count). The number of carbonyl (C=O) groups is 2. The Bertz CT molecular complexity index is 726. The minimum absolute atomic E-state index is 0.118. The summed E-state index contributed by atoms with van der Waals surface area (Å²) in [4.78, 5) is 23.3. The lowest BCUT2D eigenvalue weighted by Gasteiger charge is -2.14. The van der Waals surface area contributed by atoms with Crippen molar-refractivity contribution in [2.45, 2.75) is 26.7 Å². The highest BCUT2D eigenvalue weighted by atomic mass is 16.2. The van der Waals surface area contributed by atoms with Crippen molar-refractivity contribution < 1.29 is 9.59 Å². The van der Waals surface area contributed by atoms with E-state index in [0.29, 0.717) is 11.6 Å². The van der Waals surface area contributed by atoms with Crippen molar-refractivity contribution in [2.75, 3.05) is 22.5 Å². The summed E-state index contributed by atoms with van der Waals surface area (Å²) in [5.41, 5.74) is 3.41. The second kappa shape index (κ2) is 8.15. The van der Waals surface area contributed by atoms with Gasteiger partial charge in [-0.05, 0) is 35.7 Å². The van der Waals surface area contributed by atoms with E-state index in [0.717, 1.165) is 16.9 Å². The van der Waals surface area contributed by atoms with Gasteiger partial charge in [-0.3, -0.25) is 9.59 Å². The molecule has 126 valence electrons. The van der Waals surface area contributed by atoms with Crippen LogP contribution in [0.5, 0.6) is 0 Å². The second-order valence-electron chi connectivity index (χ2n) is 5.91. The zero-order valence-electron chi connectivity index (χ0n) is 14.2. The number of benzene rings is 2. The lowest BCUT2D eigenvalue weighted by Crippen LogP contribution is -2.22. The molecule has 0 aromatic heterocycles. The molecule has 0 saturated carbocycles. The average molecular weight is 325 g/mol. The van der Waals surface area contributed by atoms with Gasteiger partial charge in [0.2, 0.25) is 11.8 Å². The molecule has 3 N–H and O–H groups in total. The van der Waals surface area contributed by atoms with Gasteiger partial charge in [0, 0.05) is 24.0 Å². The SMILES string of the molecule is CC(=O)Nc1cccc(NCC(=O)Nc2ccccc2C(C)C)c1. The van der Waals surface area contributed by atoms with Crippen LogP contribution in [0.15, 0.2) is 48.5 Å². The summed E-state index contributed by atoms with van der Waals surface area (Å²) in [7, 11) is 0. The quantitative estimate of drug-likeness (QED) is 0.756. The van der Waals surface area contributed by atoms with Crippen LogP contribution < -0.4 is 16.0 Å². The van der Waals surface area contributed by atoms with Crippen molar-refractivity contribution in [1.82, 2.24) is 0 Å². The molecule has 2 aromatic carbocycles. The summed E-state index contributed by atoms with van der Waals surface area (Å²) in [6.45, 7) is 5.79. The summed E-state index contributed by atoms with van der Waals surface area (Å²) < 4.78 is 0. The van der Waals surface area contributed by atoms with E-state index in [1.165, 1.54) is 6.92 Å². The molecule has 5 nitrogen and oxygen atoms in total. The van der Waals surface area contributed by atoms with Crippen LogP contribution in [-0.4, -0.2) is 18.4 Å². The molecule has 0 heterocycles. The van der Waals surface area contributed by atoms with Crippen molar-refractivity contribution in [1.29, 1.82) is 0 Å². The van der Waals surface area contributed by atoms with Crippen molar-refractivity contribution in [3.05, 3.63) is 54.1 Å². The summed E-state index contributed by atoms with van der Waals surface area (Å²) in [6, 6.07) is 15.1. The van der Waals surface area contributed by atoms with Crippen LogP contribution in [-0.2, 0) is 9.59 Å². The molecular formula is C19H23N3O2. The molecule has 0 saturated heterocycles. The van der Waals surface area contributed by atoms with Gasteiger partial charge in [0.15, 0.2) is 0 Å². The first-order valence-electron chi connectivity index (χ1n) is 7.96. The van der Waals surface area contributed by atoms with E-state index in [1.807, 2.05) is 36.4 Å². The van der Waals surface area contributed by atoms with Gasteiger partial charge in [-0.15, -0.1) is 0 Å². The van der Waals surface area contributed by atoms with Gasteiger partial charge < -0.3 is 16.0 Å². The molecule has 2 aromatic rings. The smallest absolute Gasteiger partial charge is 0.243 e. The molecule has 2 amide bonds. The fourth-order valence-electron chi connectivity index (χ4n) is 2.40. The summed E-state index contributed by atoms with van der Waals surface area (Å²) in [5.74, 6) is 0.0898. The van der Waals surface area contributed by atoms with Gasteiger partial charge >= 0.3 is 0 Å². The molecule has 0 fully saturated rings. The Morgan fingerprint density at radius 1 is 0.958 bits per heavy atom. The van der Waals surface area contributed by atoms with Gasteiger partial charge in [-0.2, -0.15) is 0 Å². The number of para-hydroxylation sites is 1. The Morgan fingerprint density at radius 2 is 1.67 bits per heavy atom. The maximum Gasteiger partial charge on any atom is 0.243 e. The van der Waals surface area contributed by atoms with Crippen molar-refractivity contribution >= 4 is 28.9 Å². The third kappa shape index (κ3) is 5.12. The molecule has 24 heavy (non-hydrogen) atoms. The highest BCUT2D eigenvalue weighted by Crippen LogP contribution is 2.23. The van der Waals surface area contributed by atoms with E-state index in [2.05, 4.69) is 29.8 Å². The number of carbonyl (C=O) groups excluding carboxylic acids is 2. The highest BCUT2D eigenvalue weighted by Gasteiger charge is 2.09. The summed E-state index contributed by atoms with van der Waals surface area (Å²) >= 11 is 0. The van der Waals surface area contributed by atoms with Crippen LogP contribution in [0.2, 0.25) is 0 Å². The second-order valence-corrected chi connectivity index (χ2v) is 5.91. The van der Waals surface area contributed by atoms with E-state index >= 15 is 0 Å². The number of rotatable bonds is 6. The zero-order valence-corrected chi connectivity index (χ0v) is 14.2. The first-order chi connectivity index (χ1) is 11.5. The molecule has 0 radical (unpaired) electrons. The monoisotopic (exact) mass is 325 g/mol. The Kier molecular flexibility index (Phi) is 5.95. The largest absolute Gasteiger partial charge is 0.376 e. The maximum atomic E-state index is 12.2. The van der Waals surface area contributed by atoms with Gasteiger partial charge in [0.1, 0.15) is 0 Å². The average Bonchev–Trinajstić information content (AvgIpc) is 2.53. The van der Waals surface area contributed by atoms with Crippen LogP contribution >= 0.6 is 0 Å². The standard InChI is InChI=1S/C19H23N3O2/c1-13(2)17-9-4-5-10-18(17)22-19(24)12-20-15-7-6-8-16(11-15)21-14(3)23/h4-11,13,20H,12H2,1-3H3,(H,21,23)(H,22,24). The minimum Gasteiger partial charge on any atom is -0.376 e. The van der Waals surface area contributed by atoms with Crippen molar-refractivity contribution in [3.8, 4) is 0 Å². The molecular weight excluding hydrogens is 302 g/mol. The Labute approximate surface area is 142 Å². The van der Waals surface area contributed by atoms with Crippen LogP contribution in [0.1, 0.15) is 32.3 Å². The van der Waals surface area contributed by atoms with E-state index in [4.69, 9.17) is 0 Å². The maximum absolute atomic E-state index is 12.2. The molecule has 0 spiro atoms. The fourth-order valence-corrected chi connectivity index (χ4v) is 2.40. The molecule has 0 unspecified atom stereocenters. The van der Waals surface area contributed by atoms with Gasteiger partial charge in [-0.1, -0.05) is 38.1 Å². The number of hydrogen-bond donors (Lipinski definition) is 3. The van der Waals surface area contributed by atoms with Crippen LogP contribution in [0.3, 0.4) is 0 Å². The number of hydrogen-bond acceptors (Lipinski definition) is 3. The number of nitrogens with one attached hydrogen (secondary N) is 3. The molecule has 0 atom stereocenters. The molecule has 5 heteroatoms. The predicted octanol–water partition coefficient (Wildman–Crippen LogP) is 3.82. The van der Waals surface area contributed by atoms with Gasteiger partial charge in [0.25, 0.3) is 0 Å². The molecule has 0 bridgehead atoms. The normalized spacial score (nSPS) is 10.3. The Balaban J connectivity index is 1.95. The Hall–Kier alpha value is -2.82. The highest BCUT2D eigenvalue weighted by molar-refractivity contribution is 5.94. The number of amides is 2. The third-order valence-corrected chi connectivity index (χ3v) is 3.49. The fraction of sp³-hybridized carbons (Fsp3) is 0.263. The first kappa shape index (κ1) is 17.5. The third-order valence-electron chi connectivity index (χ3n) is 3.49. The first-order valence-corrected chi connectivity index (χ1v) is 7.96. The topological polar surface area (TPSA) is 70.2 Å². The van der Waals surface area contributed by atoms with Crippen LogP contribution in [0, 0.1) is 0 Å².